The first-order valence-corrected chi connectivity index (χ1v) is 7.82. The Morgan fingerprint density at radius 2 is 2.21 bits per heavy atom. The van der Waals surface area contributed by atoms with E-state index in [4.69, 9.17) is 0 Å². The summed E-state index contributed by atoms with van der Waals surface area (Å²) in [7, 11) is 0. The Hall–Kier alpha value is -2.58. The van der Waals surface area contributed by atoms with Crippen LogP contribution in [0, 0.1) is 11.6 Å². The summed E-state index contributed by atoms with van der Waals surface area (Å²) in [6.45, 7) is 1.67. The maximum atomic E-state index is 13.3. The fraction of sp³-hybridized carbons (Fsp3) is 0.467. The highest BCUT2D eigenvalue weighted by Crippen LogP contribution is 2.19. The number of aromatic nitrogens is 4. The second-order valence-electron chi connectivity index (χ2n) is 5.78. The smallest absolute Gasteiger partial charge is 0.224 e. The van der Waals surface area contributed by atoms with Crippen LogP contribution in [-0.4, -0.2) is 50.1 Å². The van der Waals surface area contributed by atoms with Gasteiger partial charge in [-0.1, -0.05) is 0 Å². The number of aryl methyl sites for hydroxylation is 1. The molecule has 0 bridgehead atoms. The molecule has 0 aliphatic carbocycles. The standard InChI is InChI=1S/C15H18F2N6O/c16-13-4-3-11(8-14(13)17)19-12-2-1-6-22(9-12)15(24)5-7-23-10-18-20-21-23/h3-4,8,10,12,19H,1-2,5-7,9H2/t12-/m0/s1. The number of hydrogen-bond donors (Lipinski definition) is 1. The van der Waals surface area contributed by atoms with Crippen LogP contribution in [0.5, 0.6) is 0 Å². The van der Waals surface area contributed by atoms with Gasteiger partial charge < -0.3 is 10.2 Å². The van der Waals surface area contributed by atoms with E-state index in [0.717, 1.165) is 25.0 Å². The molecule has 1 aliphatic heterocycles. The van der Waals surface area contributed by atoms with Gasteiger partial charge in [-0.15, -0.1) is 5.10 Å². The van der Waals surface area contributed by atoms with Gasteiger partial charge in [-0.05, 0) is 35.4 Å². The number of nitrogens with zero attached hydrogens (tertiary/aromatic N) is 5. The third-order valence-electron chi connectivity index (χ3n) is 4.01. The molecule has 7 nitrogen and oxygen atoms in total. The Bertz CT molecular complexity index is 693. The summed E-state index contributed by atoms with van der Waals surface area (Å²) in [5.41, 5.74) is 0.516. The molecule has 1 aliphatic rings. The zero-order valence-corrected chi connectivity index (χ0v) is 13.0. The monoisotopic (exact) mass is 336 g/mol. The highest BCUT2D eigenvalue weighted by atomic mass is 19.2. The zero-order chi connectivity index (χ0) is 16.9. The maximum Gasteiger partial charge on any atom is 0.224 e. The van der Waals surface area contributed by atoms with Gasteiger partial charge in [-0.3, -0.25) is 4.79 Å². The fourth-order valence-electron chi connectivity index (χ4n) is 2.79. The maximum absolute atomic E-state index is 13.3. The number of benzene rings is 1. The summed E-state index contributed by atoms with van der Waals surface area (Å²) in [4.78, 5) is 14.1. The average Bonchev–Trinajstić information content (AvgIpc) is 3.10. The van der Waals surface area contributed by atoms with Crippen LogP contribution in [0.25, 0.3) is 0 Å². The molecule has 1 N–H and O–H groups in total. The van der Waals surface area contributed by atoms with Crippen LogP contribution < -0.4 is 5.32 Å². The van der Waals surface area contributed by atoms with E-state index in [2.05, 4.69) is 20.8 Å². The summed E-state index contributed by atoms with van der Waals surface area (Å²) >= 11 is 0. The zero-order valence-electron chi connectivity index (χ0n) is 13.0. The van der Waals surface area contributed by atoms with Gasteiger partial charge in [0.25, 0.3) is 0 Å². The normalized spacial score (nSPS) is 17.8. The molecule has 2 heterocycles. The van der Waals surface area contributed by atoms with Gasteiger partial charge in [-0.2, -0.15) is 0 Å². The van der Waals surface area contributed by atoms with Crippen molar-refractivity contribution >= 4 is 11.6 Å². The van der Waals surface area contributed by atoms with Crippen molar-refractivity contribution in [2.45, 2.75) is 31.8 Å². The molecule has 9 heteroatoms. The van der Waals surface area contributed by atoms with E-state index in [1.165, 1.54) is 17.1 Å². The van der Waals surface area contributed by atoms with Gasteiger partial charge in [0.2, 0.25) is 5.91 Å². The first-order valence-electron chi connectivity index (χ1n) is 7.82. The van der Waals surface area contributed by atoms with Crippen LogP contribution in [0.3, 0.4) is 0 Å². The van der Waals surface area contributed by atoms with Gasteiger partial charge in [0.1, 0.15) is 6.33 Å². The van der Waals surface area contributed by atoms with Crippen molar-refractivity contribution in [1.82, 2.24) is 25.1 Å². The highest BCUT2D eigenvalue weighted by Gasteiger charge is 2.23. The number of amides is 1. The van der Waals surface area contributed by atoms with Crippen molar-refractivity contribution in [2.24, 2.45) is 0 Å². The lowest BCUT2D eigenvalue weighted by molar-refractivity contribution is -0.132. The Kier molecular flexibility index (Phi) is 4.97. The van der Waals surface area contributed by atoms with Crippen molar-refractivity contribution in [3.63, 3.8) is 0 Å². The van der Waals surface area contributed by atoms with Crippen molar-refractivity contribution < 1.29 is 13.6 Å². The van der Waals surface area contributed by atoms with Crippen LogP contribution in [0.1, 0.15) is 19.3 Å². The highest BCUT2D eigenvalue weighted by molar-refractivity contribution is 5.76. The number of likely N-dealkylation sites (tertiary alicyclic amines) is 1. The quantitative estimate of drug-likeness (QED) is 0.894. The van der Waals surface area contributed by atoms with Gasteiger partial charge in [0.15, 0.2) is 11.6 Å². The number of carbonyl (C=O) groups is 1. The van der Waals surface area contributed by atoms with Crippen molar-refractivity contribution in [1.29, 1.82) is 0 Å². The molecule has 1 amide bonds. The summed E-state index contributed by atoms with van der Waals surface area (Å²) in [6, 6.07) is 3.74. The second kappa shape index (κ2) is 7.33. The second-order valence-corrected chi connectivity index (χ2v) is 5.78. The molecule has 0 radical (unpaired) electrons. The van der Waals surface area contributed by atoms with Gasteiger partial charge >= 0.3 is 0 Å². The first kappa shape index (κ1) is 16.3. The molecule has 1 fully saturated rings. The summed E-state index contributed by atoms with van der Waals surface area (Å²) in [5.74, 6) is -1.73. The number of hydrogen-bond acceptors (Lipinski definition) is 5. The number of nitrogens with one attached hydrogen (secondary N) is 1. The molecule has 24 heavy (non-hydrogen) atoms. The molecule has 3 rings (SSSR count). The molecule has 1 atom stereocenters. The molecule has 128 valence electrons. The first-order chi connectivity index (χ1) is 11.6. The van der Waals surface area contributed by atoms with Crippen LogP contribution in [0.2, 0.25) is 0 Å². The van der Waals surface area contributed by atoms with Crippen LogP contribution >= 0.6 is 0 Å². The molecule has 0 spiro atoms. The fourth-order valence-corrected chi connectivity index (χ4v) is 2.79. The molecule has 1 saturated heterocycles. The minimum Gasteiger partial charge on any atom is -0.380 e. The van der Waals surface area contributed by atoms with Crippen molar-refractivity contribution in [3.8, 4) is 0 Å². The van der Waals surface area contributed by atoms with Crippen molar-refractivity contribution in [3.05, 3.63) is 36.2 Å². The lowest BCUT2D eigenvalue weighted by Gasteiger charge is -2.33. The third-order valence-corrected chi connectivity index (χ3v) is 4.01. The minimum atomic E-state index is -0.884. The lowest BCUT2D eigenvalue weighted by Crippen LogP contribution is -2.45. The van der Waals surface area contributed by atoms with Crippen LogP contribution in [-0.2, 0) is 11.3 Å². The van der Waals surface area contributed by atoms with Crippen LogP contribution in [0.4, 0.5) is 14.5 Å². The molecule has 0 unspecified atom stereocenters. The predicted molar refractivity (Wildman–Crippen MR) is 82.0 cm³/mol. The molecule has 1 aromatic carbocycles. The number of anilines is 1. The van der Waals surface area contributed by atoms with E-state index in [0.29, 0.717) is 31.7 Å². The molecule has 1 aromatic heterocycles. The number of piperidine rings is 1. The van der Waals surface area contributed by atoms with Crippen molar-refractivity contribution in [2.75, 3.05) is 18.4 Å². The summed E-state index contributed by atoms with van der Waals surface area (Å²) < 4.78 is 27.8. The number of rotatable bonds is 5. The third kappa shape index (κ3) is 4.03. The SMILES string of the molecule is O=C(CCn1cnnn1)N1CCC[C@H](Nc2ccc(F)c(F)c2)C1. The van der Waals surface area contributed by atoms with E-state index < -0.39 is 11.6 Å². The molecule has 0 saturated carbocycles. The predicted octanol–water partition coefficient (Wildman–Crippen LogP) is 1.44. The van der Waals surface area contributed by atoms with E-state index in [9.17, 15) is 13.6 Å². The summed E-state index contributed by atoms with van der Waals surface area (Å²) in [5, 5.41) is 13.9. The van der Waals surface area contributed by atoms with E-state index in [-0.39, 0.29) is 11.9 Å². The Balaban J connectivity index is 1.53. The molecular weight excluding hydrogens is 318 g/mol. The van der Waals surface area contributed by atoms with Gasteiger partial charge in [-0.25, -0.2) is 13.5 Å². The topological polar surface area (TPSA) is 75.9 Å². The number of halogens is 2. The van der Waals surface area contributed by atoms with Crippen LogP contribution in [0.15, 0.2) is 24.5 Å². The largest absolute Gasteiger partial charge is 0.380 e. The average molecular weight is 336 g/mol. The number of carbonyl (C=O) groups excluding carboxylic acids is 1. The summed E-state index contributed by atoms with van der Waals surface area (Å²) in [6.07, 6.45) is 3.52. The van der Waals surface area contributed by atoms with E-state index >= 15 is 0 Å². The Morgan fingerprint density at radius 1 is 1.33 bits per heavy atom. The molecular formula is C15H18F2N6O. The van der Waals surface area contributed by atoms with Gasteiger partial charge in [0.05, 0.1) is 6.54 Å². The van der Waals surface area contributed by atoms with E-state index in [1.54, 1.807) is 4.90 Å². The lowest BCUT2D eigenvalue weighted by atomic mass is 10.0. The molecule has 2 aromatic rings. The van der Waals surface area contributed by atoms with Gasteiger partial charge in [0, 0.05) is 37.3 Å². The Morgan fingerprint density at radius 3 is 2.96 bits per heavy atom. The minimum absolute atomic E-state index is 0.0144. The Labute approximate surface area is 137 Å². The number of tetrazole rings is 1. The van der Waals surface area contributed by atoms with E-state index in [1.807, 2.05) is 0 Å².